The van der Waals surface area contributed by atoms with Crippen LogP contribution in [0.4, 0.5) is 0 Å². The molecule has 0 aromatic carbocycles. The number of allylic oxidation sites excluding steroid dienone is 5. The fraction of sp³-hybridized carbons (Fsp3) is 0.600. The summed E-state index contributed by atoms with van der Waals surface area (Å²) in [7, 11) is 0. The Balaban J connectivity index is 1.76. The molecule has 0 aromatic heterocycles. The number of fused-ring (bicyclic) bond motifs is 5. The molecule has 3 fully saturated rings. The molecule has 3 heteroatoms. The van der Waals surface area contributed by atoms with Crippen molar-refractivity contribution in [1.82, 2.24) is 0 Å². The van der Waals surface area contributed by atoms with Gasteiger partial charge in [0, 0.05) is 10.8 Å². The predicted molar refractivity (Wildman–Crippen MR) is 90.4 cm³/mol. The van der Waals surface area contributed by atoms with Crippen molar-refractivity contribution < 1.29 is 10.0 Å². The maximum atomic E-state index is 11.8. The van der Waals surface area contributed by atoms with Gasteiger partial charge in [-0.25, -0.2) is 0 Å². The van der Waals surface area contributed by atoms with E-state index in [1.807, 2.05) is 6.08 Å². The van der Waals surface area contributed by atoms with E-state index in [0.29, 0.717) is 17.8 Å². The molecule has 0 heterocycles. The van der Waals surface area contributed by atoms with Gasteiger partial charge in [-0.1, -0.05) is 37.2 Å². The SMILES string of the molecule is C=C1C[C@@H]2[C@H](CC[C@]3(C)C(=NO)CC[C@@H]23)[C@@]2(C)C=CC(=O)C=C12. The van der Waals surface area contributed by atoms with Gasteiger partial charge in [-0.15, -0.1) is 0 Å². The van der Waals surface area contributed by atoms with Gasteiger partial charge < -0.3 is 5.21 Å². The summed E-state index contributed by atoms with van der Waals surface area (Å²) in [5, 5.41) is 13.0. The van der Waals surface area contributed by atoms with Gasteiger partial charge in [0.1, 0.15) is 0 Å². The molecule has 3 nitrogen and oxygen atoms in total. The fourth-order valence-electron chi connectivity index (χ4n) is 6.16. The Kier molecular flexibility index (Phi) is 3.04. The zero-order valence-corrected chi connectivity index (χ0v) is 14.0. The van der Waals surface area contributed by atoms with E-state index in [2.05, 4.69) is 31.7 Å². The van der Waals surface area contributed by atoms with E-state index in [1.54, 1.807) is 6.08 Å². The molecule has 4 aliphatic carbocycles. The number of hydrogen-bond acceptors (Lipinski definition) is 3. The molecule has 0 bridgehead atoms. The topological polar surface area (TPSA) is 49.7 Å². The van der Waals surface area contributed by atoms with E-state index in [-0.39, 0.29) is 16.6 Å². The van der Waals surface area contributed by atoms with Crippen molar-refractivity contribution in [1.29, 1.82) is 0 Å². The number of oxime groups is 1. The molecule has 0 amide bonds. The molecular weight excluding hydrogens is 286 g/mol. The van der Waals surface area contributed by atoms with Crippen molar-refractivity contribution in [2.24, 2.45) is 33.7 Å². The van der Waals surface area contributed by atoms with E-state index in [1.165, 1.54) is 0 Å². The second-order valence-electron chi connectivity index (χ2n) is 8.30. The minimum absolute atomic E-state index is 0.0436. The van der Waals surface area contributed by atoms with Crippen LogP contribution in [0.15, 0.2) is 41.1 Å². The number of rotatable bonds is 0. The highest BCUT2D eigenvalue weighted by atomic mass is 16.4. The molecule has 4 aliphatic rings. The van der Waals surface area contributed by atoms with Gasteiger partial charge in [0.2, 0.25) is 0 Å². The minimum Gasteiger partial charge on any atom is -0.411 e. The third-order valence-corrected chi connectivity index (χ3v) is 7.39. The van der Waals surface area contributed by atoms with Crippen LogP contribution < -0.4 is 0 Å². The van der Waals surface area contributed by atoms with Crippen molar-refractivity contribution in [3.63, 3.8) is 0 Å². The van der Waals surface area contributed by atoms with Crippen molar-refractivity contribution in [3.05, 3.63) is 36.0 Å². The van der Waals surface area contributed by atoms with Crippen LogP contribution in [0.3, 0.4) is 0 Å². The van der Waals surface area contributed by atoms with Gasteiger partial charge in [0.05, 0.1) is 5.71 Å². The van der Waals surface area contributed by atoms with E-state index < -0.39 is 0 Å². The first-order chi connectivity index (χ1) is 10.9. The van der Waals surface area contributed by atoms with E-state index in [4.69, 9.17) is 0 Å². The van der Waals surface area contributed by atoms with Crippen LogP contribution in [0, 0.1) is 28.6 Å². The highest BCUT2D eigenvalue weighted by molar-refractivity contribution is 6.02. The molecule has 0 saturated heterocycles. The second-order valence-corrected chi connectivity index (χ2v) is 8.30. The van der Waals surface area contributed by atoms with Gasteiger partial charge in [-0.05, 0) is 67.6 Å². The van der Waals surface area contributed by atoms with Crippen LogP contribution in [-0.4, -0.2) is 16.7 Å². The van der Waals surface area contributed by atoms with E-state index >= 15 is 0 Å². The third-order valence-electron chi connectivity index (χ3n) is 7.39. The molecule has 0 aliphatic heterocycles. The number of carbonyl (C=O) groups is 1. The first-order valence-electron chi connectivity index (χ1n) is 8.75. The van der Waals surface area contributed by atoms with Crippen molar-refractivity contribution in [2.45, 2.75) is 46.0 Å². The monoisotopic (exact) mass is 311 g/mol. The molecular formula is C20H25NO2. The highest BCUT2D eigenvalue weighted by Crippen LogP contribution is 2.64. The van der Waals surface area contributed by atoms with Crippen LogP contribution in [0.1, 0.15) is 46.0 Å². The summed E-state index contributed by atoms with van der Waals surface area (Å²) in [5.41, 5.74) is 3.26. The summed E-state index contributed by atoms with van der Waals surface area (Å²) in [4.78, 5) is 11.8. The Hall–Kier alpha value is -1.64. The van der Waals surface area contributed by atoms with Gasteiger partial charge >= 0.3 is 0 Å². The maximum Gasteiger partial charge on any atom is 0.178 e. The lowest BCUT2D eigenvalue weighted by molar-refractivity contribution is -0.110. The molecule has 0 unspecified atom stereocenters. The van der Waals surface area contributed by atoms with E-state index in [0.717, 1.165) is 49.0 Å². The summed E-state index contributed by atoms with van der Waals surface area (Å²) >= 11 is 0. The Morgan fingerprint density at radius 2 is 2.09 bits per heavy atom. The van der Waals surface area contributed by atoms with E-state index in [9.17, 15) is 10.0 Å². The zero-order chi connectivity index (χ0) is 16.4. The first kappa shape index (κ1) is 14.9. The number of carbonyl (C=O) groups excluding carboxylic acids is 1. The van der Waals surface area contributed by atoms with Crippen LogP contribution >= 0.6 is 0 Å². The first-order valence-corrected chi connectivity index (χ1v) is 8.75. The van der Waals surface area contributed by atoms with Crippen LogP contribution in [0.2, 0.25) is 0 Å². The average Bonchev–Trinajstić information content (AvgIpc) is 2.86. The summed E-state index contributed by atoms with van der Waals surface area (Å²) in [5.74, 6) is 1.78. The average molecular weight is 311 g/mol. The molecule has 0 radical (unpaired) electrons. The van der Waals surface area contributed by atoms with Crippen LogP contribution in [0.5, 0.6) is 0 Å². The standard InChI is InChI=1S/C20H25NO2/c1-12-10-14-15-4-5-18(21-23)20(15,3)9-7-16(14)19(2)8-6-13(22)11-17(12)19/h6,8,11,14-16,23H,1,4-5,7,9-10H2,2-3H3/t14-,15-,16-,19+,20-/m0/s1. The lowest BCUT2D eigenvalue weighted by Gasteiger charge is -2.56. The van der Waals surface area contributed by atoms with Gasteiger partial charge in [0.25, 0.3) is 0 Å². The fourth-order valence-corrected chi connectivity index (χ4v) is 6.16. The maximum absolute atomic E-state index is 11.8. The Bertz CT molecular complexity index is 686. The van der Waals surface area contributed by atoms with Crippen LogP contribution in [0.25, 0.3) is 0 Å². The molecule has 1 N–H and O–H groups in total. The quantitative estimate of drug-likeness (QED) is 0.536. The second kappa shape index (κ2) is 4.68. The van der Waals surface area contributed by atoms with Gasteiger partial charge in [0.15, 0.2) is 5.78 Å². The molecule has 3 saturated carbocycles. The van der Waals surface area contributed by atoms with Crippen molar-refractivity contribution >= 4 is 11.5 Å². The molecule has 0 aromatic rings. The minimum atomic E-state index is -0.0612. The summed E-state index contributed by atoms with van der Waals surface area (Å²) < 4.78 is 0. The molecule has 5 atom stereocenters. The Morgan fingerprint density at radius 1 is 1.30 bits per heavy atom. The highest BCUT2D eigenvalue weighted by Gasteiger charge is 2.58. The van der Waals surface area contributed by atoms with Crippen molar-refractivity contribution in [3.8, 4) is 0 Å². The van der Waals surface area contributed by atoms with Crippen LogP contribution in [-0.2, 0) is 4.79 Å². The number of nitrogens with zero attached hydrogens (tertiary/aromatic N) is 1. The number of ketones is 1. The zero-order valence-electron chi connectivity index (χ0n) is 14.0. The molecule has 122 valence electrons. The molecule has 0 spiro atoms. The predicted octanol–water partition coefficient (Wildman–Crippen LogP) is 4.29. The summed E-state index contributed by atoms with van der Waals surface area (Å²) in [6, 6.07) is 0. The molecule has 23 heavy (non-hydrogen) atoms. The van der Waals surface area contributed by atoms with Gasteiger partial charge in [-0.3, -0.25) is 4.79 Å². The smallest absolute Gasteiger partial charge is 0.178 e. The Labute approximate surface area is 137 Å². The lowest BCUT2D eigenvalue weighted by atomic mass is 9.48. The van der Waals surface area contributed by atoms with Gasteiger partial charge in [-0.2, -0.15) is 0 Å². The normalized spacial score (nSPS) is 47.1. The summed E-state index contributed by atoms with van der Waals surface area (Å²) in [6.45, 7) is 8.88. The number of hydrogen-bond donors (Lipinski definition) is 1. The lowest BCUT2D eigenvalue weighted by Crippen LogP contribution is -2.50. The molecule has 4 rings (SSSR count). The third kappa shape index (κ3) is 1.82. The van der Waals surface area contributed by atoms with Crippen molar-refractivity contribution in [2.75, 3.05) is 0 Å². The summed E-state index contributed by atoms with van der Waals surface area (Å²) in [6.07, 6.45) is 10.9. The Morgan fingerprint density at radius 3 is 2.83 bits per heavy atom. The largest absolute Gasteiger partial charge is 0.411 e.